The summed E-state index contributed by atoms with van der Waals surface area (Å²) in [7, 11) is 0. The summed E-state index contributed by atoms with van der Waals surface area (Å²) in [6.45, 7) is 4.55. The van der Waals surface area contributed by atoms with Crippen LogP contribution < -0.4 is 0 Å². The molecule has 26 heavy (non-hydrogen) atoms. The van der Waals surface area contributed by atoms with E-state index in [9.17, 15) is 5.11 Å². The third-order valence-electron chi connectivity index (χ3n) is 5.41. The Labute approximate surface area is 160 Å². The third-order valence-corrected chi connectivity index (χ3v) is 5.41. The van der Waals surface area contributed by atoms with Gasteiger partial charge in [-0.3, -0.25) is 0 Å². The number of rotatable bonds is 12. The van der Waals surface area contributed by atoms with E-state index in [2.05, 4.69) is 38.1 Å². The summed E-state index contributed by atoms with van der Waals surface area (Å²) in [6.07, 6.45) is 13.1. The number of phenols is 1. The molecule has 2 aromatic carbocycles. The Kier molecular flexibility index (Phi) is 9.31. The van der Waals surface area contributed by atoms with Gasteiger partial charge in [-0.05, 0) is 36.0 Å². The molecule has 0 heterocycles. The van der Waals surface area contributed by atoms with Crippen LogP contribution in [0.3, 0.4) is 0 Å². The van der Waals surface area contributed by atoms with Gasteiger partial charge in [-0.2, -0.15) is 0 Å². The van der Waals surface area contributed by atoms with Crippen molar-refractivity contribution in [3.05, 3.63) is 54.1 Å². The van der Waals surface area contributed by atoms with Crippen LogP contribution in [0.1, 0.15) is 89.5 Å². The molecule has 2 aromatic rings. The average Bonchev–Trinajstić information content (AvgIpc) is 2.67. The molecule has 0 aliphatic rings. The van der Waals surface area contributed by atoms with Crippen molar-refractivity contribution >= 4 is 0 Å². The van der Waals surface area contributed by atoms with Crippen molar-refractivity contribution in [2.45, 2.75) is 84.0 Å². The van der Waals surface area contributed by atoms with Crippen LogP contribution >= 0.6 is 0 Å². The van der Waals surface area contributed by atoms with E-state index in [0.29, 0.717) is 11.7 Å². The van der Waals surface area contributed by atoms with Gasteiger partial charge >= 0.3 is 0 Å². The number of hydrogen-bond donors (Lipinski definition) is 1. The monoisotopic (exact) mass is 352 g/mol. The molecule has 1 atom stereocenters. The van der Waals surface area contributed by atoms with Gasteiger partial charge in [-0.25, -0.2) is 0 Å². The van der Waals surface area contributed by atoms with Crippen LogP contribution in [0.5, 0.6) is 5.75 Å². The van der Waals surface area contributed by atoms with Crippen LogP contribution in [0.4, 0.5) is 0 Å². The zero-order valence-corrected chi connectivity index (χ0v) is 16.7. The van der Waals surface area contributed by atoms with Crippen molar-refractivity contribution < 1.29 is 5.11 Å². The fourth-order valence-corrected chi connectivity index (χ4v) is 3.89. The molecular weight excluding hydrogens is 316 g/mol. The topological polar surface area (TPSA) is 20.2 Å². The normalized spacial score (nSPS) is 12.2. The molecule has 0 bridgehead atoms. The summed E-state index contributed by atoms with van der Waals surface area (Å²) in [5.74, 6) is 0.981. The van der Waals surface area contributed by atoms with Gasteiger partial charge in [0.2, 0.25) is 0 Å². The molecule has 1 unspecified atom stereocenters. The standard InChI is InChI=1S/C25H36O/c1-3-5-7-8-10-16-21(15-9-6-4-2)22-17-11-12-18-23(22)24-19-13-14-20-25(24)26/h11-14,17-21,26H,3-10,15-16H2,1-2H3. The number of aromatic hydroxyl groups is 1. The minimum absolute atomic E-state index is 0.384. The van der Waals surface area contributed by atoms with Crippen LogP contribution in [-0.2, 0) is 0 Å². The summed E-state index contributed by atoms with van der Waals surface area (Å²) < 4.78 is 0. The first-order valence-electron chi connectivity index (χ1n) is 10.6. The zero-order chi connectivity index (χ0) is 18.6. The maximum atomic E-state index is 10.4. The van der Waals surface area contributed by atoms with Gasteiger partial charge in [0.05, 0.1) is 0 Å². The van der Waals surface area contributed by atoms with Crippen LogP contribution in [0.25, 0.3) is 11.1 Å². The molecule has 0 amide bonds. The van der Waals surface area contributed by atoms with E-state index in [1.54, 1.807) is 6.07 Å². The minimum atomic E-state index is 0.384. The first-order valence-corrected chi connectivity index (χ1v) is 10.6. The lowest BCUT2D eigenvalue weighted by molar-refractivity contribution is 0.476. The summed E-state index contributed by atoms with van der Waals surface area (Å²) in [5.41, 5.74) is 3.59. The molecule has 0 spiro atoms. The van der Waals surface area contributed by atoms with Crippen LogP contribution in [0, 0.1) is 0 Å². The van der Waals surface area contributed by atoms with Gasteiger partial charge in [-0.15, -0.1) is 0 Å². The second-order valence-electron chi connectivity index (χ2n) is 7.50. The maximum absolute atomic E-state index is 10.4. The molecule has 0 aliphatic heterocycles. The summed E-state index contributed by atoms with van der Waals surface area (Å²) in [4.78, 5) is 0. The van der Waals surface area contributed by atoms with Crippen molar-refractivity contribution in [3.8, 4) is 16.9 Å². The number of hydrogen-bond acceptors (Lipinski definition) is 1. The van der Waals surface area contributed by atoms with E-state index in [1.165, 1.54) is 75.3 Å². The van der Waals surface area contributed by atoms with E-state index in [-0.39, 0.29) is 0 Å². The van der Waals surface area contributed by atoms with E-state index < -0.39 is 0 Å². The summed E-state index contributed by atoms with van der Waals surface area (Å²) in [6, 6.07) is 16.5. The third kappa shape index (κ3) is 6.20. The second-order valence-corrected chi connectivity index (χ2v) is 7.50. The number of phenolic OH excluding ortho intramolecular Hbond substituents is 1. The van der Waals surface area contributed by atoms with Crippen molar-refractivity contribution in [2.24, 2.45) is 0 Å². The van der Waals surface area contributed by atoms with Crippen molar-refractivity contribution in [1.29, 1.82) is 0 Å². The SMILES string of the molecule is CCCCCCCC(CCCCC)c1ccccc1-c1ccccc1O. The lowest BCUT2D eigenvalue weighted by atomic mass is 9.83. The molecule has 0 saturated carbocycles. The fraction of sp³-hybridized carbons (Fsp3) is 0.520. The largest absolute Gasteiger partial charge is 0.507 e. The van der Waals surface area contributed by atoms with E-state index in [0.717, 1.165) is 5.56 Å². The van der Waals surface area contributed by atoms with Gasteiger partial charge in [0, 0.05) is 5.56 Å². The van der Waals surface area contributed by atoms with Crippen LogP contribution in [0.15, 0.2) is 48.5 Å². The first-order chi connectivity index (χ1) is 12.8. The lowest BCUT2D eigenvalue weighted by Crippen LogP contribution is -2.02. The van der Waals surface area contributed by atoms with Crippen molar-refractivity contribution in [1.82, 2.24) is 0 Å². The van der Waals surface area contributed by atoms with Crippen LogP contribution in [0.2, 0.25) is 0 Å². The maximum Gasteiger partial charge on any atom is 0.123 e. The lowest BCUT2D eigenvalue weighted by Gasteiger charge is -2.21. The van der Waals surface area contributed by atoms with Crippen LogP contribution in [-0.4, -0.2) is 5.11 Å². The molecule has 0 aliphatic carbocycles. The Morgan fingerprint density at radius 3 is 1.88 bits per heavy atom. The van der Waals surface area contributed by atoms with Crippen molar-refractivity contribution in [2.75, 3.05) is 0 Å². The molecule has 142 valence electrons. The second kappa shape index (κ2) is 11.8. The Balaban J connectivity index is 2.19. The molecule has 0 aromatic heterocycles. The smallest absolute Gasteiger partial charge is 0.123 e. The first kappa shape index (κ1) is 20.6. The average molecular weight is 353 g/mol. The fourth-order valence-electron chi connectivity index (χ4n) is 3.89. The van der Waals surface area contributed by atoms with Crippen molar-refractivity contribution in [3.63, 3.8) is 0 Å². The Morgan fingerprint density at radius 2 is 1.19 bits per heavy atom. The summed E-state index contributed by atoms with van der Waals surface area (Å²) >= 11 is 0. The van der Waals surface area contributed by atoms with Gasteiger partial charge in [0.15, 0.2) is 0 Å². The summed E-state index contributed by atoms with van der Waals surface area (Å²) in [5, 5.41) is 10.4. The molecule has 0 fully saturated rings. The van der Waals surface area contributed by atoms with Gasteiger partial charge in [0.25, 0.3) is 0 Å². The molecule has 0 radical (unpaired) electrons. The molecule has 1 nitrogen and oxygen atoms in total. The molecular formula is C25H36O. The van der Waals surface area contributed by atoms with E-state index in [4.69, 9.17) is 0 Å². The van der Waals surface area contributed by atoms with Gasteiger partial charge in [-0.1, -0.05) is 108 Å². The van der Waals surface area contributed by atoms with Gasteiger partial charge in [0.1, 0.15) is 5.75 Å². The molecule has 0 saturated heterocycles. The Hall–Kier alpha value is -1.76. The van der Waals surface area contributed by atoms with Gasteiger partial charge < -0.3 is 5.11 Å². The number of benzene rings is 2. The number of para-hydroxylation sites is 1. The molecule has 1 heteroatoms. The predicted octanol–water partition coefficient (Wildman–Crippen LogP) is 8.08. The van der Waals surface area contributed by atoms with E-state index in [1.807, 2.05) is 18.2 Å². The number of unbranched alkanes of at least 4 members (excludes halogenated alkanes) is 6. The highest BCUT2D eigenvalue weighted by atomic mass is 16.3. The Morgan fingerprint density at radius 1 is 0.654 bits per heavy atom. The highest BCUT2D eigenvalue weighted by Crippen LogP contribution is 2.38. The molecule has 1 N–H and O–H groups in total. The Bertz CT molecular complexity index is 632. The highest BCUT2D eigenvalue weighted by molar-refractivity contribution is 5.73. The zero-order valence-electron chi connectivity index (χ0n) is 16.7. The quantitative estimate of drug-likeness (QED) is 0.383. The highest BCUT2D eigenvalue weighted by Gasteiger charge is 2.17. The minimum Gasteiger partial charge on any atom is -0.507 e. The predicted molar refractivity (Wildman–Crippen MR) is 114 cm³/mol. The van der Waals surface area contributed by atoms with E-state index >= 15 is 0 Å². The molecule has 2 rings (SSSR count).